The Balaban J connectivity index is 1.10. The van der Waals surface area contributed by atoms with Crippen LogP contribution in [0.1, 0.15) is 63.9 Å². The van der Waals surface area contributed by atoms with Gasteiger partial charge in [-0.15, -0.1) is 0 Å². The van der Waals surface area contributed by atoms with Crippen LogP contribution < -0.4 is 5.32 Å². The fourth-order valence-corrected chi connectivity index (χ4v) is 6.41. The van der Waals surface area contributed by atoms with Gasteiger partial charge in [0.15, 0.2) is 0 Å². The fourth-order valence-electron chi connectivity index (χ4n) is 6.41. The van der Waals surface area contributed by atoms with E-state index in [0.717, 1.165) is 39.0 Å². The number of hydrogen-bond donors (Lipinski definition) is 1. The summed E-state index contributed by atoms with van der Waals surface area (Å²) in [6.45, 7) is 6.36. The predicted molar refractivity (Wildman–Crippen MR) is 127 cm³/mol. The largest absolute Gasteiger partial charge is 0.355 e. The molecule has 0 bridgehead atoms. The zero-order valence-corrected chi connectivity index (χ0v) is 19.5. The number of aryl methyl sites for hydroxylation is 1. The highest BCUT2D eigenvalue weighted by atomic mass is 16.2. The molecular weight excluding hydrogens is 396 g/mol. The molecule has 172 valence electrons. The van der Waals surface area contributed by atoms with E-state index in [1.807, 2.05) is 23.1 Å². The highest BCUT2D eigenvalue weighted by molar-refractivity contribution is 5.82. The Morgan fingerprint density at radius 2 is 1.88 bits per heavy atom. The predicted octanol–water partition coefficient (Wildman–Crippen LogP) is 4.39. The van der Waals surface area contributed by atoms with Crippen LogP contribution in [0.15, 0.2) is 48.8 Å². The molecule has 2 aliphatic carbocycles. The van der Waals surface area contributed by atoms with Crippen LogP contribution >= 0.6 is 0 Å². The Kier molecular flexibility index (Phi) is 6.11. The van der Waals surface area contributed by atoms with E-state index in [2.05, 4.69) is 52.6 Å². The van der Waals surface area contributed by atoms with E-state index >= 15 is 0 Å². The number of carbonyl (C=O) groups excluding carboxylic acids is 1. The minimum Gasteiger partial charge on any atom is -0.355 e. The van der Waals surface area contributed by atoms with Gasteiger partial charge in [0.25, 0.3) is 0 Å². The molecule has 1 N–H and O–H groups in total. The quantitative estimate of drug-likeness (QED) is 0.670. The van der Waals surface area contributed by atoms with Gasteiger partial charge in [-0.2, -0.15) is 5.10 Å². The lowest BCUT2D eigenvalue weighted by atomic mass is 9.78. The number of amides is 1. The standard InChI is InChI=1S/C27H38N4O/c1-22(10-17-31-16-7-15-29-31)30-18-13-26(14-19-30)20-24(26)25(32)28-21-27(11-5-6-12-27)23-8-3-2-4-9-23/h2-4,7-9,15-16,22,24H,5-6,10-14,17-21H2,1H3,(H,28,32). The first-order valence-corrected chi connectivity index (χ1v) is 12.7. The number of likely N-dealkylation sites (tertiary alicyclic amines) is 1. The van der Waals surface area contributed by atoms with Gasteiger partial charge < -0.3 is 10.2 Å². The number of rotatable bonds is 8. The summed E-state index contributed by atoms with van der Waals surface area (Å²) in [6.07, 6.45) is 13.4. The summed E-state index contributed by atoms with van der Waals surface area (Å²) >= 11 is 0. The topological polar surface area (TPSA) is 50.2 Å². The molecule has 1 spiro atoms. The summed E-state index contributed by atoms with van der Waals surface area (Å²) in [7, 11) is 0. The molecule has 5 heteroatoms. The smallest absolute Gasteiger partial charge is 0.223 e. The second kappa shape index (κ2) is 9.01. The molecule has 2 unspecified atom stereocenters. The summed E-state index contributed by atoms with van der Waals surface area (Å²) in [5.74, 6) is 0.547. The molecule has 1 amide bonds. The summed E-state index contributed by atoms with van der Waals surface area (Å²) in [4.78, 5) is 15.7. The molecule has 32 heavy (non-hydrogen) atoms. The first-order chi connectivity index (χ1) is 15.6. The van der Waals surface area contributed by atoms with Crippen LogP contribution in [0, 0.1) is 11.3 Å². The van der Waals surface area contributed by atoms with Gasteiger partial charge in [-0.05, 0) is 75.6 Å². The van der Waals surface area contributed by atoms with Crippen molar-refractivity contribution in [2.75, 3.05) is 19.6 Å². The second-order valence-electron chi connectivity index (χ2n) is 10.6. The third-order valence-electron chi connectivity index (χ3n) is 8.81. The SMILES string of the molecule is CC(CCn1cccn1)N1CCC2(CC1)CC2C(=O)NCC1(c2ccccc2)CCCC1. The van der Waals surface area contributed by atoms with Gasteiger partial charge in [0.1, 0.15) is 0 Å². The van der Waals surface area contributed by atoms with Crippen LogP contribution in [0.5, 0.6) is 0 Å². The molecule has 3 fully saturated rings. The highest BCUT2D eigenvalue weighted by Crippen LogP contribution is 2.59. The molecule has 1 aromatic heterocycles. The molecule has 1 aromatic carbocycles. The molecule has 2 aromatic rings. The maximum atomic E-state index is 13.1. The van der Waals surface area contributed by atoms with Crippen molar-refractivity contribution >= 4 is 5.91 Å². The summed E-state index contributed by atoms with van der Waals surface area (Å²) in [5.41, 5.74) is 1.82. The van der Waals surface area contributed by atoms with E-state index in [-0.39, 0.29) is 16.7 Å². The van der Waals surface area contributed by atoms with Crippen LogP contribution in [-0.4, -0.2) is 46.3 Å². The van der Waals surface area contributed by atoms with E-state index in [4.69, 9.17) is 0 Å². The summed E-state index contributed by atoms with van der Waals surface area (Å²) in [5, 5.41) is 7.72. The number of hydrogen-bond acceptors (Lipinski definition) is 3. The number of nitrogens with zero attached hydrogens (tertiary/aromatic N) is 3. The van der Waals surface area contributed by atoms with Crippen molar-refractivity contribution in [2.24, 2.45) is 11.3 Å². The molecule has 1 aliphatic heterocycles. The average molecular weight is 435 g/mol. The molecule has 5 rings (SSSR count). The number of nitrogens with one attached hydrogen (secondary N) is 1. The van der Waals surface area contributed by atoms with E-state index in [0.29, 0.717) is 11.9 Å². The number of carbonyl (C=O) groups is 1. The first kappa shape index (κ1) is 21.7. The molecule has 1 saturated heterocycles. The molecule has 2 saturated carbocycles. The second-order valence-corrected chi connectivity index (χ2v) is 10.6. The monoisotopic (exact) mass is 434 g/mol. The Morgan fingerprint density at radius 1 is 1.12 bits per heavy atom. The lowest BCUT2D eigenvalue weighted by Crippen LogP contribution is -2.43. The van der Waals surface area contributed by atoms with Crippen LogP contribution in [0.25, 0.3) is 0 Å². The minimum atomic E-state index is 0.145. The molecular formula is C27H38N4O. The zero-order chi connectivity index (χ0) is 22.0. The Morgan fingerprint density at radius 3 is 2.56 bits per heavy atom. The number of aromatic nitrogens is 2. The maximum Gasteiger partial charge on any atom is 0.223 e. The number of piperidine rings is 1. The van der Waals surface area contributed by atoms with E-state index < -0.39 is 0 Å². The van der Waals surface area contributed by atoms with Gasteiger partial charge in [-0.25, -0.2) is 0 Å². The zero-order valence-electron chi connectivity index (χ0n) is 19.5. The van der Waals surface area contributed by atoms with Gasteiger partial charge in [-0.1, -0.05) is 43.2 Å². The van der Waals surface area contributed by atoms with Crippen molar-refractivity contribution in [1.82, 2.24) is 20.0 Å². The lowest BCUT2D eigenvalue weighted by molar-refractivity contribution is -0.123. The fraction of sp³-hybridized carbons (Fsp3) is 0.630. The average Bonchev–Trinajstić information content (AvgIpc) is 3.21. The van der Waals surface area contributed by atoms with Crippen LogP contribution in [0.3, 0.4) is 0 Å². The first-order valence-electron chi connectivity index (χ1n) is 12.7. The third-order valence-corrected chi connectivity index (χ3v) is 8.81. The molecule has 0 radical (unpaired) electrons. The van der Waals surface area contributed by atoms with Crippen molar-refractivity contribution in [1.29, 1.82) is 0 Å². The van der Waals surface area contributed by atoms with Crippen LogP contribution in [0.2, 0.25) is 0 Å². The number of benzene rings is 1. The van der Waals surface area contributed by atoms with E-state index in [1.54, 1.807) is 0 Å². The van der Waals surface area contributed by atoms with Gasteiger partial charge in [-0.3, -0.25) is 9.48 Å². The Bertz CT molecular complexity index is 880. The van der Waals surface area contributed by atoms with Crippen molar-refractivity contribution in [3.05, 3.63) is 54.4 Å². The summed E-state index contributed by atoms with van der Waals surface area (Å²) < 4.78 is 2.02. The van der Waals surface area contributed by atoms with E-state index in [9.17, 15) is 4.79 Å². The lowest BCUT2D eigenvalue weighted by Gasteiger charge is -2.37. The Hall–Kier alpha value is -2.14. The molecule has 2 heterocycles. The Labute approximate surface area is 192 Å². The van der Waals surface area contributed by atoms with Crippen molar-refractivity contribution in [2.45, 2.75) is 76.3 Å². The van der Waals surface area contributed by atoms with Gasteiger partial charge in [0, 0.05) is 42.9 Å². The molecule has 3 aliphatic rings. The molecule has 5 nitrogen and oxygen atoms in total. The van der Waals surface area contributed by atoms with Crippen LogP contribution in [-0.2, 0) is 16.8 Å². The van der Waals surface area contributed by atoms with Gasteiger partial charge >= 0.3 is 0 Å². The van der Waals surface area contributed by atoms with Crippen molar-refractivity contribution in [3.63, 3.8) is 0 Å². The van der Waals surface area contributed by atoms with Gasteiger partial charge in [0.05, 0.1) is 0 Å². The van der Waals surface area contributed by atoms with Crippen molar-refractivity contribution in [3.8, 4) is 0 Å². The van der Waals surface area contributed by atoms with Crippen molar-refractivity contribution < 1.29 is 4.79 Å². The van der Waals surface area contributed by atoms with Crippen LogP contribution in [0.4, 0.5) is 0 Å². The summed E-state index contributed by atoms with van der Waals surface area (Å²) in [6, 6.07) is 13.4. The van der Waals surface area contributed by atoms with Gasteiger partial charge in [0.2, 0.25) is 5.91 Å². The maximum absolute atomic E-state index is 13.1. The van der Waals surface area contributed by atoms with E-state index in [1.165, 1.54) is 44.1 Å². The minimum absolute atomic E-state index is 0.145. The normalized spacial score (nSPS) is 25.0. The third kappa shape index (κ3) is 4.36. The highest BCUT2D eigenvalue weighted by Gasteiger charge is 2.58. The molecule has 2 atom stereocenters.